The van der Waals surface area contributed by atoms with Crippen LogP contribution in [0.25, 0.3) is 0 Å². The molecule has 1 aromatic rings. The molecule has 0 saturated heterocycles. The molecule has 642 valence electrons. The van der Waals surface area contributed by atoms with Crippen LogP contribution in [0.15, 0.2) is 18.2 Å². The number of carbonyl (C=O) groups excluding carboxylic acids is 9. The van der Waals surface area contributed by atoms with Gasteiger partial charge in [-0.2, -0.15) is 0 Å². The molecule has 0 aromatic heterocycles. The first-order valence-electron chi connectivity index (χ1n) is 40.5. The van der Waals surface area contributed by atoms with E-state index in [0.29, 0.717) is 162 Å². The van der Waals surface area contributed by atoms with E-state index in [0.717, 1.165) is 51.7 Å². The molecule has 0 fully saturated rings. The summed E-state index contributed by atoms with van der Waals surface area (Å²) in [4.78, 5) is 128. The van der Waals surface area contributed by atoms with Crippen molar-refractivity contribution in [2.24, 2.45) is 0 Å². The highest BCUT2D eigenvalue weighted by molar-refractivity contribution is 9.07. The van der Waals surface area contributed by atoms with Gasteiger partial charge in [-0.3, -0.25) is 14.9 Å². The fourth-order valence-electron chi connectivity index (χ4n) is 10.8. The number of nitrogens with one attached hydrogen (secondary N) is 6. The van der Waals surface area contributed by atoms with Gasteiger partial charge in [0, 0.05) is 132 Å². The maximum absolute atomic E-state index is 14.2. The second kappa shape index (κ2) is 52.0. The summed E-state index contributed by atoms with van der Waals surface area (Å²) < 4.78 is 41.6. The summed E-state index contributed by atoms with van der Waals surface area (Å²) in [6.45, 7) is 46.1. The van der Waals surface area contributed by atoms with Crippen molar-refractivity contribution >= 4 is 70.6 Å². The van der Waals surface area contributed by atoms with Gasteiger partial charge in [-0.05, 0) is 305 Å². The number of nitrogens with zero attached hydrogens (tertiary/aromatic N) is 6. The molecular weight excluding hydrogens is 1490 g/mol. The van der Waals surface area contributed by atoms with E-state index in [2.05, 4.69) is 48.0 Å². The minimum atomic E-state index is -1.32. The van der Waals surface area contributed by atoms with E-state index in [4.69, 9.17) is 33.2 Å². The number of amides is 9. The lowest BCUT2D eigenvalue weighted by Crippen LogP contribution is -2.40. The number of carbonyl (C=O) groups is 9. The zero-order chi connectivity index (χ0) is 84.2. The van der Waals surface area contributed by atoms with Gasteiger partial charge in [0.15, 0.2) is 0 Å². The van der Waals surface area contributed by atoms with Gasteiger partial charge >= 0.3 is 42.7 Å². The average molecular weight is 1640 g/mol. The molecule has 0 bridgehead atoms. The van der Waals surface area contributed by atoms with Crippen molar-refractivity contribution in [3.63, 3.8) is 0 Å². The lowest BCUT2D eigenvalue weighted by molar-refractivity contribution is 0.0206. The molecule has 9 amide bonds. The fraction of sp³-hybridized carbons (Fsp3) is 0.815. The van der Waals surface area contributed by atoms with Crippen LogP contribution in [0.2, 0.25) is 0 Å². The van der Waals surface area contributed by atoms with E-state index in [1.165, 1.54) is 18.2 Å². The number of aliphatic hydroxyl groups is 1. The van der Waals surface area contributed by atoms with Crippen molar-refractivity contribution in [1.29, 1.82) is 0 Å². The van der Waals surface area contributed by atoms with Crippen LogP contribution in [0.1, 0.15) is 293 Å². The number of ether oxygens (including phenoxy) is 7. The highest BCUT2D eigenvalue weighted by atomic mass is 79.9. The van der Waals surface area contributed by atoms with Gasteiger partial charge in [0.05, 0.1) is 0 Å². The van der Waals surface area contributed by atoms with E-state index in [1.807, 2.05) is 115 Å². The maximum atomic E-state index is 14.2. The SMILES string of the molecule is CNCCCCN(CCCCN(CCCCNC(=O)c1cc(C(=O)NCCCCN(CCCCN(Br)CCCCNC(=O)OC(C)(C)C)C(=O)OC(C)(C)C)cc(C(O)NCCCCN(CCCCN(CCCCNC(=O)OC(C)(C)C)C(=O)OC(C)(C)C)C(=O)OC(C)(C)C)c1)C(=O)OC(C)(C)C)C(=O)OC(C)(C)C. The summed E-state index contributed by atoms with van der Waals surface area (Å²) >= 11 is 3.65. The highest BCUT2D eigenvalue weighted by Gasteiger charge is 2.29. The van der Waals surface area contributed by atoms with Crippen LogP contribution in [-0.4, -0.2) is 252 Å². The van der Waals surface area contributed by atoms with Gasteiger partial charge in [0.1, 0.15) is 45.4 Å². The molecule has 0 spiro atoms. The van der Waals surface area contributed by atoms with E-state index in [1.54, 1.807) is 66.0 Å². The van der Waals surface area contributed by atoms with E-state index in [9.17, 15) is 48.3 Å². The molecule has 0 saturated carbocycles. The second-order valence-corrected chi connectivity index (χ2v) is 36.3. The van der Waals surface area contributed by atoms with Crippen molar-refractivity contribution in [3.05, 3.63) is 34.9 Å². The molecule has 1 aromatic carbocycles. The molecular formula is C81H149BrN12O17. The molecule has 1 unspecified atom stereocenters. The van der Waals surface area contributed by atoms with Gasteiger partial charge < -0.3 is 89.3 Å². The molecule has 0 aliphatic heterocycles. The summed E-state index contributed by atoms with van der Waals surface area (Å²) in [5.41, 5.74) is -4.23. The number of aliphatic hydroxyl groups excluding tert-OH is 1. The summed E-state index contributed by atoms with van der Waals surface area (Å²) in [5, 5.41) is 29.6. The third-order valence-corrected chi connectivity index (χ3v) is 16.7. The summed E-state index contributed by atoms with van der Waals surface area (Å²) in [7, 11) is 1.89. The Morgan fingerprint density at radius 1 is 0.315 bits per heavy atom. The van der Waals surface area contributed by atoms with Crippen LogP contribution in [0.5, 0.6) is 0 Å². The number of unbranched alkanes of at least 4 members (excludes halogenated alkanes) is 9. The largest absolute Gasteiger partial charge is 0.444 e. The third kappa shape index (κ3) is 54.7. The zero-order valence-corrected chi connectivity index (χ0v) is 73.9. The minimum Gasteiger partial charge on any atom is -0.444 e. The van der Waals surface area contributed by atoms with Crippen LogP contribution in [0, 0.1) is 0 Å². The van der Waals surface area contributed by atoms with Crippen molar-refractivity contribution in [1.82, 2.24) is 60.3 Å². The number of benzene rings is 1. The Balaban J connectivity index is 3.35. The molecule has 111 heavy (non-hydrogen) atoms. The molecule has 29 nitrogen and oxygen atoms in total. The Morgan fingerprint density at radius 3 is 0.784 bits per heavy atom. The van der Waals surface area contributed by atoms with Crippen LogP contribution in [0.3, 0.4) is 0 Å². The van der Waals surface area contributed by atoms with E-state index >= 15 is 0 Å². The van der Waals surface area contributed by atoms with Gasteiger partial charge in [-0.1, -0.05) is 0 Å². The predicted molar refractivity (Wildman–Crippen MR) is 439 cm³/mol. The topological polar surface area (TPSA) is 330 Å². The van der Waals surface area contributed by atoms with E-state index in [-0.39, 0.29) is 42.4 Å². The Morgan fingerprint density at radius 2 is 0.532 bits per heavy atom. The minimum absolute atomic E-state index is 0.134. The summed E-state index contributed by atoms with van der Waals surface area (Å²) in [6.07, 6.45) is 7.02. The van der Waals surface area contributed by atoms with Crippen molar-refractivity contribution < 1.29 is 81.4 Å². The molecule has 0 aliphatic carbocycles. The molecule has 0 radical (unpaired) electrons. The standard InChI is InChI=1S/C81H149BrN12O17/c1-75(2,3)105-68(98)87-45-27-33-51-92(73(103)110-80(16,17)18)55-38-37-54-91(72(102)109-79(13,14)15)49-31-25-43-85-66(96)63-59-62(65(95)84-42-24-30-48-90(71(101)108-78(10,11)12)53-36-35-52-89(47-29-23-41-83-22)70(100)107-77(7,8)9)60-64(61-63)67(97)86-44-26-32-50-93(74(104)111-81(19,20)21)56-39-40-58-94(82)57-34-28-46-88-69(99)106-76(4,5)6/h59-61,66,83,85,96H,23-58H2,1-22H3,(H,84,95)(H,86,97)(H,87,98)(H,88,99). The monoisotopic (exact) mass is 1640 g/mol. The number of rotatable bonds is 49. The first-order chi connectivity index (χ1) is 51.4. The molecule has 1 atom stereocenters. The quantitative estimate of drug-likeness (QED) is 0.0138. The van der Waals surface area contributed by atoms with Gasteiger partial charge in [0.2, 0.25) is 0 Å². The van der Waals surface area contributed by atoms with Gasteiger partial charge in [0.25, 0.3) is 11.8 Å². The maximum Gasteiger partial charge on any atom is 0.410 e. The summed E-state index contributed by atoms with van der Waals surface area (Å²) in [6, 6.07) is 4.55. The average Bonchev–Trinajstić information content (AvgIpc) is 0.824. The fourth-order valence-corrected chi connectivity index (χ4v) is 11.3. The van der Waals surface area contributed by atoms with Gasteiger partial charge in [-0.25, -0.2) is 37.5 Å². The third-order valence-electron chi connectivity index (χ3n) is 15.9. The van der Waals surface area contributed by atoms with E-state index < -0.39 is 93.8 Å². The first kappa shape index (κ1) is 102. The first-order valence-corrected chi connectivity index (χ1v) is 41.2. The molecule has 1 rings (SSSR count). The second-order valence-electron chi connectivity index (χ2n) is 35.3. The van der Waals surface area contributed by atoms with Crippen LogP contribution in [0.4, 0.5) is 33.6 Å². The Bertz CT molecular complexity index is 2900. The Hall–Kier alpha value is -6.63. The number of halogens is 1. The molecule has 7 N–H and O–H groups in total. The van der Waals surface area contributed by atoms with Crippen molar-refractivity contribution in [2.75, 3.05) is 125 Å². The van der Waals surface area contributed by atoms with Gasteiger partial charge in [-0.15, -0.1) is 0 Å². The zero-order valence-electron chi connectivity index (χ0n) is 72.3. The lowest BCUT2D eigenvalue weighted by atomic mass is 10.0. The molecule has 30 heteroatoms. The smallest absolute Gasteiger partial charge is 0.410 e. The van der Waals surface area contributed by atoms with Crippen LogP contribution >= 0.6 is 16.1 Å². The number of hydrogen-bond acceptors (Lipinski definition) is 20. The Kier molecular flexibility index (Phi) is 47.9. The van der Waals surface area contributed by atoms with Crippen molar-refractivity contribution in [2.45, 2.75) is 306 Å². The lowest BCUT2D eigenvalue weighted by Gasteiger charge is -2.29. The highest BCUT2D eigenvalue weighted by Crippen LogP contribution is 2.22. The number of alkyl carbamates (subject to hydrolysis) is 2. The molecule has 0 aliphatic rings. The number of hydrogen-bond donors (Lipinski definition) is 7. The normalized spacial score (nSPS) is 12.4. The van der Waals surface area contributed by atoms with Crippen molar-refractivity contribution in [3.8, 4) is 0 Å². The van der Waals surface area contributed by atoms with Crippen LogP contribution in [-0.2, 0) is 33.2 Å². The summed E-state index contributed by atoms with van der Waals surface area (Å²) in [5.74, 6) is -0.961. The van der Waals surface area contributed by atoms with Crippen LogP contribution < -0.4 is 31.9 Å². The predicted octanol–water partition coefficient (Wildman–Crippen LogP) is 14.8. The molecule has 0 heterocycles. The Labute approximate surface area is 675 Å².